The summed E-state index contributed by atoms with van der Waals surface area (Å²) in [6.45, 7) is 2.41. The lowest BCUT2D eigenvalue weighted by molar-refractivity contribution is 0.0655. The maximum atomic E-state index is 13.3. The number of anilines is 1. The minimum absolute atomic E-state index is 0.0518. The number of hydrogen-bond donors (Lipinski definition) is 0. The summed E-state index contributed by atoms with van der Waals surface area (Å²) in [5.74, 6) is 0.794. The highest BCUT2D eigenvalue weighted by molar-refractivity contribution is 7.98. The lowest BCUT2D eigenvalue weighted by Gasteiger charge is -2.29. The summed E-state index contributed by atoms with van der Waals surface area (Å²) in [5.41, 5.74) is 3.17. The van der Waals surface area contributed by atoms with Crippen molar-refractivity contribution in [1.29, 1.82) is 0 Å². The lowest BCUT2D eigenvalue weighted by Crippen LogP contribution is -2.40. The highest BCUT2D eigenvalue weighted by Crippen LogP contribution is 2.41. The van der Waals surface area contributed by atoms with Gasteiger partial charge in [0, 0.05) is 34.6 Å². The van der Waals surface area contributed by atoms with E-state index < -0.39 is 11.0 Å². The molecule has 3 atom stereocenters. The zero-order valence-corrected chi connectivity index (χ0v) is 18.5. The molecule has 158 valence electrons. The van der Waals surface area contributed by atoms with E-state index in [2.05, 4.69) is 0 Å². The number of carbonyl (C=O) groups excluding carboxylic acids is 1. The molecule has 0 N–H and O–H groups in total. The molecular formula is C22H22FNO4S2. The van der Waals surface area contributed by atoms with E-state index in [0.29, 0.717) is 34.5 Å². The monoisotopic (exact) mass is 447 g/mol. The number of benzene rings is 2. The highest BCUT2D eigenvalue weighted by Gasteiger charge is 2.32. The van der Waals surface area contributed by atoms with Gasteiger partial charge in [0.25, 0.3) is 0 Å². The first kappa shape index (κ1) is 21.1. The molecule has 0 radical (unpaired) electrons. The van der Waals surface area contributed by atoms with Gasteiger partial charge in [-0.05, 0) is 43.5 Å². The molecule has 8 heteroatoms. The minimum atomic E-state index is -1.27. The van der Waals surface area contributed by atoms with E-state index in [0.717, 1.165) is 23.3 Å². The second kappa shape index (κ2) is 8.53. The number of fused-ring (bicyclic) bond motifs is 2. The fourth-order valence-electron chi connectivity index (χ4n) is 3.88. The van der Waals surface area contributed by atoms with Crippen LogP contribution < -0.4 is 4.31 Å². The Morgan fingerprint density at radius 3 is 2.67 bits per heavy atom. The molecule has 1 aromatic heterocycles. The Balaban J connectivity index is 1.94. The predicted molar refractivity (Wildman–Crippen MR) is 120 cm³/mol. The standard InChI is InChI=1S/C22H22FNO4S2/c1-13-17-8-18-19(10-25)22(14-4-6-15(23)7-5-14)28-21(18)9-20(17)24(30(3)26)16(11-27-13)12-29-2/h4-10,13,16H,11-12H2,1-3H3. The van der Waals surface area contributed by atoms with Crippen LogP contribution in [0, 0.1) is 5.82 Å². The van der Waals surface area contributed by atoms with Gasteiger partial charge in [0.05, 0.1) is 30.0 Å². The van der Waals surface area contributed by atoms with Crippen LogP contribution >= 0.6 is 11.8 Å². The second-order valence-corrected chi connectivity index (χ2v) is 9.36. The molecule has 0 fully saturated rings. The van der Waals surface area contributed by atoms with Gasteiger partial charge in [-0.2, -0.15) is 11.8 Å². The fourth-order valence-corrected chi connectivity index (χ4v) is 5.60. The van der Waals surface area contributed by atoms with Gasteiger partial charge < -0.3 is 9.15 Å². The third kappa shape index (κ3) is 3.68. The van der Waals surface area contributed by atoms with Gasteiger partial charge in [0.2, 0.25) is 0 Å². The number of carbonyl (C=O) groups is 1. The van der Waals surface area contributed by atoms with Gasteiger partial charge in [-0.3, -0.25) is 9.10 Å². The summed E-state index contributed by atoms with van der Waals surface area (Å²) >= 11 is 1.67. The molecular weight excluding hydrogens is 425 g/mol. The molecule has 0 aliphatic carbocycles. The second-order valence-electron chi connectivity index (χ2n) is 7.21. The van der Waals surface area contributed by atoms with Gasteiger partial charge in [-0.25, -0.2) is 8.60 Å². The van der Waals surface area contributed by atoms with Crippen LogP contribution in [0.1, 0.15) is 28.9 Å². The van der Waals surface area contributed by atoms with Crippen LogP contribution in [0.15, 0.2) is 40.8 Å². The van der Waals surface area contributed by atoms with Crippen molar-refractivity contribution in [3.8, 4) is 11.3 Å². The van der Waals surface area contributed by atoms with E-state index >= 15 is 0 Å². The molecule has 1 aliphatic rings. The smallest absolute Gasteiger partial charge is 0.154 e. The van der Waals surface area contributed by atoms with Crippen molar-refractivity contribution in [1.82, 2.24) is 0 Å². The Morgan fingerprint density at radius 1 is 1.30 bits per heavy atom. The summed E-state index contributed by atoms with van der Waals surface area (Å²) in [6, 6.07) is 9.50. The molecule has 2 heterocycles. The van der Waals surface area contributed by atoms with Crippen LogP contribution in [0.4, 0.5) is 10.1 Å². The van der Waals surface area contributed by atoms with Crippen molar-refractivity contribution in [3.63, 3.8) is 0 Å². The van der Waals surface area contributed by atoms with Crippen molar-refractivity contribution in [3.05, 3.63) is 53.3 Å². The molecule has 0 spiro atoms. The number of hydrogen-bond acceptors (Lipinski definition) is 5. The summed E-state index contributed by atoms with van der Waals surface area (Å²) in [7, 11) is -1.27. The highest BCUT2D eigenvalue weighted by atomic mass is 32.2. The van der Waals surface area contributed by atoms with Crippen LogP contribution in [-0.2, 0) is 15.7 Å². The van der Waals surface area contributed by atoms with E-state index in [9.17, 15) is 13.4 Å². The SMILES string of the molecule is CSCC1COC(C)c2cc3c(C=O)c(-c4ccc(F)cc4)oc3cc2N1S(C)=O. The van der Waals surface area contributed by atoms with E-state index in [-0.39, 0.29) is 18.0 Å². The Bertz CT molecular complexity index is 1110. The van der Waals surface area contributed by atoms with Gasteiger partial charge in [-0.15, -0.1) is 0 Å². The van der Waals surface area contributed by atoms with Gasteiger partial charge in [0.1, 0.15) is 28.1 Å². The van der Waals surface area contributed by atoms with Crippen molar-refractivity contribution in [2.75, 3.05) is 29.2 Å². The number of rotatable bonds is 5. The fraction of sp³-hybridized carbons (Fsp3) is 0.318. The number of thioether (sulfide) groups is 1. The van der Waals surface area contributed by atoms with Crippen LogP contribution in [0.3, 0.4) is 0 Å². The quantitative estimate of drug-likeness (QED) is 0.517. The summed E-state index contributed by atoms with van der Waals surface area (Å²) in [6.07, 6.45) is 4.18. The minimum Gasteiger partial charge on any atom is -0.455 e. The third-order valence-corrected chi connectivity index (χ3v) is 7.05. The van der Waals surface area contributed by atoms with E-state index in [1.807, 2.05) is 29.6 Å². The molecule has 3 aromatic rings. The molecule has 4 rings (SSSR count). The predicted octanol–water partition coefficient (Wildman–Crippen LogP) is 4.97. The molecule has 2 aromatic carbocycles. The Morgan fingerprint density at radius 2 is 2.03 bits per heavy atom. The molecule has 5 nitrogen and oxygen atoms in total. The van der Waals surface area contributed by atoms with Crippen LogP contribution in [0.2, 0.25) is 0 Å². The average molecular weight is 448 g/mol. The number of halogens is 1. The third-order valence-electron chi connectivity index (χ3n) is 5.28. The van der Waals surface area contributed by atoms with E-state index in [1.54, 1.807) is 30.2 Å². The molecule has 0 saturated carbocycles. The normalized spacial score (nSPS) is 20.1. The summed E-state index contributed by atoms with van der Waals surface area (Å²) < 4.78 is 40.0. The van der Waals surface area contributed by atoms with Crippen molar-refractivity contribution < 1.29 is 22.5 Å². The maximum absolute atomic E-state index is 13.3. The Hall–Kier alpha value is -2.16. The zero-order chi connectivity index (χ0) is 21.4. The Kier molecular flexibility index (Phi) is 5.99. The molecule has 1 aliphatic heterocycles. The van der Waals surface area contributed by atoms with Crippen LogP contribution in [0.25, 0.3) is 22.3 Å². The van der Waals surface area contributed by atoms with Gasteiger partial charge in [0.15, 0.2) is 6.29 Å². The first-order valence-corrected chi connectivity index (χ1v) is 12.4. The molecule has 3 unspecified atom stereocenters. The first-order valence-electron chi connectivity index (χ1n) is 9.49. The van der Waals surface area contributed by atoms with Crippen LogP contribution in [0.5, 0.6) is 0 Å². The number of nitrogens with zero attached hydrogens (tertiary/aromatic N) is 1. The maximum Gasteiger partial charge on any atom is 0.154 e. The number of furan rings is 1. The lowest BCUT2D eigenvalue weighted by atomic mass is 10.0. The van der Waals surface area contributed by atoms with E-state index in [4.69, 9.17) is 9.15 Å². The zero-order valence-electron chi connectivity index (χ0n) is 16.9. The van der Waals surface area contributed by atoms with Crippen molar-refractivity contribution in [2.45, 2.75) is 19.1 Å². The number of aldehydes is 1. The molecule has 30 heavy (non-hydrogen) atoms. The summed E-state index contributed by atoms with van der Waals surface area (Å²) in [4.78, 5) is 11.9. The topological polar surface area (TPSA) is 59.8 Å². The van der Waals surface area contributed by atoms with Crippen molar-refractivity contribution >= 4 is 45.7 Å². The molecule has 0 amide bonds. The first-order chi connectivity index (χ1) is 14.4. The number of ether oxygens (including phenoxy) is 1. The van der Waals surface area contributed by atoms with Crippen LogP contribution in [-0.4, -0.2) is 41.4 Å². The summed E-state index contributed by atoms with van der Waals surface area (Å²) in [5, 5.41) is 0.656. The average Bonchev–Trinajstić information content (AvgIpc) is 3.02. The Labute approximate surface area is 181 Å². The van der Waals surface area contributed by atoms with E-state index in [1.165, 1.54) is 12.1 Å². The largest absolute Gasteiger partial charge is 0.455 e. The molecule has 0 saturated heterocycles. The molecule has 0 bridgehead atoms. The van der Waals surface area contributed by atoms with Crippen molar-refractivity contribution in [2.24, 2.45) is 0 Å². The van der Waals surface area contributed by atoms with Gasteiger partial charge >= 0.3 is 0 Å². The van der Waals surface area contributed by atoms with Gasteiger partial charge in [-0.1, -0.05) is 0 Å².